The van der Waals surface area contributed by atoms with Crippen LogP contribution in [0.25, 0.3) is 0 Å². The number of benzene rings is 2. The molecule has 7 nitrogen and oxygen atoms in total. The van der Waals surface area contributed by atoms with E-state index in [0.717, 1.165) is 33.8 Å². The molecule has 1 atom stereocenters. The van der Waals surface area contributed by atoms with Gasteiger partial charge < -0.3 is 10.2 Å². The molecule has 0 heterocycles. The molecule has 0 aliphatic carbocycles. The molecule has 2 rings (SSSR count). The second kappa shape index (κ2) is 12.8. The standard InChI is InChI=1S/C26H35F2N3O4S/c1-6-24(26(33)29-18(2)3)30(17-20-10-7-9-19(4)15-20)25(32)11-8-14-31(36(5,34)35)21-12-13-22(27)23(28)16-21/h7,9-10,12-13,15-16,18,24H,6,8,11,14,17H2,1-5H3,(H,29,33)/t24-/m1/s1. The molecule has 10 heteroatoms. The smallest absolute Gasteiger partial charge is 0.243 e. The van der Waals surface area contributed by atoms with Crippen LogP contribution in [0.4, 0.5) is 14.5 Å². The second-order valence-corrected chi connectivity index (χ2v) is 11.0. The van der Waals surface area contributed by atoms with Crippen LogP contribution >= 0.6 is 0 Å². The van der Waals surface area contributed by atoms with Crippen LogP contribution in [0.15, 0.2) is 42.5 Å². The minimum Gasteiger partial charge on any atom is -0.352 e. The molecular weight excluding hydrogens is 488 g/mol. The molecule has 2 aromatic carbocycles. The number of sulfonamides is 1. The van der Waals surface area contributed by atoms with Crippen LogP contribution in [0, 0.1) is 18.6 Å². The van der Waals surface area contributed by atoms with Gasteiger partial charge in [0, 0.05) is 31.6 Å². The van der Waals surface area contributed by atoms with E-state index in [9.17, 15) is 26.8 Å². The molecule has 0 saturated carbocycles. The third-order valence-electron chi connectivity index (χ3n) is 5.60. The number of hydrogen-bond acceptors (Lipinski definition) is 4. The Morgan fingerprint density at radius 3 is 2.31 bits per heavy atom. The fourth-order valence-corrected chi connectivity index (χ4v) is 4.91. The summed E-state index contributed by atoms with van der Waals surface area (Å²) in [6.07, 6.45) is 1.45. The summed E-state index contributed by atoms with van der Waals surface area (Å²) in [4.78, 5) is 27.8. The number of halogens is 2. The van der Waals surface area contributed by atoms with Gasteiger partial charge in [0.15, 0.2) is 11.6 Å². The van der Waals surface area contributed by atoms with E-state index in [2.05, 4.69) is 5.32 Å². The summed E-state index contributed by atoms with van der Waals surface area (Å²) in [5.74, 6) is -2.81. The van der Waals surface area contributed by atoms with Crippen molar-refractivity contribution in [2.75, 3.05) is 17.1 Å². The van der Waals surface area contributed by atoms with Crippen molar-refractivity contribution in [1.82, 2.24) is 10.2 Å². The number of hydrogen-bond donors (Lipinski definition) is 1. The van der Waals surface area contributed by atoms with Crippen molar-refractivity contribution < 1.29 is 26.8 Å². The van der Waals surface area contributed by atoms with Gasteiger partial charge in [-0.25, -0.2) is 17.2 Å². The predicted molar refractivity (Wildman–Crippen MR) is 137 cm³/mol. The van der Waals surface area contributed by atoms with Gasteiger partial charge >= 0.3 is 0 Å². The third kappa shape index (κ3) is 8.29. The highest BCUT2D eigenvalue weighted by Crippen LogP contribution is 2.22. The summed E-state index contributed by atoms with van der Waals surface area (Å²) in [7, 11) is -3.81. The fraction of sp³-hybridized carbons (Fsp3) is 0.462. The van der Waals surface area contributed by atoms with Gasteiger partial charge in [-0.15, -0.1) is 0 Å². The summed E-state index contributed by atoms with van der Waals surface area (Å²) < 4.78 is 52.6. The van der Waals surface area contributed by atoms with Gasteiger partial charge in [0.05, 0.1) is 11.9 Å². The summed E-state index contributed by atoms with van der Waals surface area (Å²) in [6, 6.07) is 9.71. The maximum absolute atomic E-state index is 13.7. The average Bonchev–Trinajstić information content (AvgIpc) is 2.77. The van der Waals surface area contributed by atoms with Gasteiger partial charge in [-0.1, -0.05) is 36.8 Å². The highest BCUT2D eigenvalue weighted by atomic mass is 32.2. The lowest BCUT2D eigenvalue weighted by Gasteiger charge is -2.31. The Balaban J connectivity index is 2.23. The van der Waals surface area contributed by atoms with Gasteiger partial charge in [0.2, 0.25) is 21.8 Å². The van der Waals surface area contributed by atoms with E-state index in [-0.39, 0.29) is 49.5 Å². The number of amides is 2. The molecule has 0 aliphatic rings. The monoisotopic (exact) mass is 523 g/mol. The molecule has 0 saturated heterocycles. The Kier molecular flexibility index (Phi) is 10.4. The average molecular weight is 524 g/mol. The van der Waals surface area contributed by atoms with Gasteiger partial charge in [-0.3, -0.25) is 13.9 Å². The van der Waals surface area contributed by atoms with Gasteiger partial charge in [0.25, 0.3) is 0 Å². The summed E-state index contributed by atoms with van der Waals surface area (Å²) in [5.41, 5.74) is 1.87. The third-order valence-corrected chi connectivity index (χ3v) is 6.79. The van der Waals surface area contributed by atoms with Gasteiger partial charge in [0.1, 0.15) is 6.04 Å². The molecule has 0 unspecified atom stereocenters. The van der Waals surface area contributed by atoms with Crippen molar-refractivity contribution in [1.29, 1.82) is 0 Å². The summed E-state index contributed by atoms with van der Waals surface area (Å²) in [6.45, 7) is 7.57. The number of anilines is 1. The summed E-state index contributed by atoms with van der Waals surface area (Å²) in [5, 5.41) is 2.87. The highest BCUT2D eigenvalue weighted by Gasteiger charge is 2.29. The SMILES string of the molecule is CC[C@H](C(=O)NC(C)C)N(Cc1cccc(C)c1)C(=O)CCCN(c1ccc(F)c(F)c1)S(C)(=O)=O. The maximum atomic E-state index is 13.7. The molecule has 2 amide bonds. The molecular formula is C26H35F2N3O4S. The van der Waals surface area contributed by atoms with Gasteiger partial charge in [-0.2, -0.15) is 0 Å². The molecule has 0 bridgehead atoms. The van der Waals surface area contributed by atoms with E-state index in [4.69, 9.17) is 0 Å². The zero-order valence-electron chi connectivity index (χ0n) is 21.4. The van der Waals surface area contributed by atoms with Crippen LogP contribution < -0.4 is 9.62 Å². The minimum absolute atomic E-state index is 0.0248. The predicted octanol–water partition coefficient (Wildman–Crippen LogP) is 4.15. The topological polar surface area (TPSA) is 86.8 Å². The van der Waals surface area contributed by atoms with E-state index in [1.165, 1.54) is 11.0 Å². The Morgan fingerprint density at radius 2 is 1.75 bits per heavy atom. The number of nitrogens with one attached hydrogen (secondary N) is 1. The molecule has 0 aliphatic heterocycles. The van der Waals surface area contributed by atoms with Crippen molar-refractivity contribution in [2.45, 2.75) is 65.6 Å². The zero-order chi connectivity index (χ0) is 27.0. The normalized spacial score (nSPS) is 12.3. The second-order valence-electron chi connectivity index (χ2n) is 9.14. The highest BCUT2D eigenvalue weighted by molar-refractivity contribution is 7.92. The van der Waals surface area contributed by atoms with Crippen molar-refractivity contribution in [3.8, 4) is 0 Å². The Labute approximate surface area is 212 Å². The van der Waals surface area contributed by atoms with E-state index in [0.29, 0.717) is 6.42 Å². The molecule has 36 heavy (non-hydrogen) atoms. The number of nitrogens with zero attached hydrogens (tertiary/aromatic N) is 2. The maximum Gasteiger partial charge on any atom is 0.243 e. The fourth-order valence-electron chi connectivity index (χ4n) is 3.95. The van der Waals surface area contributed by atoms with Crippen LogP contribution in [0.5, 0.6) is 0 Å². The summed E-state index contributed by atoms with van der Waals surface area (Å²) >= 11 is 0. The Morgan fingerprint density at radius 1 is 1.06 bits per heavy atom. The Bertz CT molecular complexity index is 1170. The first-order chi connectivity index (χ1) is 16.8. The van der Waals surface area contributed by atoms with E-state index in [1.54, 1.807) is 0 Å². The van der Waals surface area contributed by atoms with Crippen LogP contribution in [-0.4, -0.2) is 50.0 Å². The first kappa shape index (κ1) is 29.2. The molecule has 1 N–H and O–H groups in total. The lowest BCUT2D eigenvalue weighted by molar-refractivity contribution is -0.141. The first-order valence-corrected chi connectivity index (χ1v) is 13.8. The molecule has 0 aromatic heterocycles. The minimum atomic E-state index is -3.81. The molecule has 2 aromatic rings. The molecule has 0 spiro atoms. The van der Waals surface area contributed by atoms with E-state index < -0.39 is 27.7 Å². The molecule has 198 valence electrons. The van der Waals surface area contributed by atoms with Crippen LogP contribution in [0.3, 0.4) is 0 Å². The van der Waals surface area contributed by atoms with Crippen LogP contribution in [0.2, 0.25) is 0 Å². The van der Waals surface area contributed by atoms with Gasteiger partial charge in [-0.05, 0) is 51.3 Å². The van der Waals surface area contributed by atoms with Crippen LogP contribution in [0.1, 0.15) is 51.2 Å². The van der Waals surface area contributed by atoms with Crippen LogP contribution in [-0.2, 0) is 26.2 Å². The zero-order valence-corrected chi connectivity index (χ0v) is 22.2. The number of rotatable bonds is 12. The van der Waals surface area contributed by atoms with Crippen molar-refractivity contribution in [2.24, 2.45) is 0 Å². The van der Waals surface area contributed by atoms with E-state index in [1.807, 2.05) is 52.0 Å². The van der Waals surface area contributed by atoms with E-state index >= 15 is 0 Å². The van der Waals surface area contributed by atoms with Crippen molar-refractivity contribution in [3.63, 3.8) is 0 Å². The lowest BCUT2D eigenvalue weighted by atomic mass is 10.1. The quantitative estimate of drug-likeness (QED) is 0.453. The number of carbonyl (C=O) groups excluding carboxylic acids is 2. The van der Waals surface area contributed by atoms with Crippen molar-refractivity contribution in [3.05, 3.63) is 65.2 Å². The lowest BCUT2D eigenvalue weighted by Crippen LogP contribution is -2.50. The Hall–Kier alpha value is -3.01. The first-order valence-electron chi connectivity index (χ1n) is 11.9. The largest absolute Gasteiger partial charge is 0.352 e. The molecule has 0 fully saturated rings. The van der Waals surface area contributed by atoms with Crippen molar-refractivity contribution >= 4 is 27.5 Å². The molecule has 0 radical (unpaired) electrons. The number of aryl methyl sites for hydroxylation is 1. The number of carbonyl (C=O) groups is 2.